The molecule has 0 saturated carbocycles. The highest BCUT2D eigenvalue weighted by Gasteiger charge is 1.96. The van der Waals surface area contributed by atoms with Crippen LogP contribution in [0.4, 0.5) is 0 Å². The van der Waals surface area contributed by atoms with Crippen LogP contribution in [0.3, 0.4) is 0 Å². The van der Waals surface area contributed by atoms with Crippen LogP contribution in [0.2, 0.25) is 0 Å². The van der Waals surface area contributed by atoms with E-state index in [4.69, 9.17) is 4.74 Å². The number of phenolic OH excluding ortho intramolecular Hbond substituents is 1. The van der Waals surface area contributed by atoms with E-state index < -0.39 is 0 Å². The van der Waals surface area contributed by atoms with E-state index in [1.807, 2.05) is 6.07 Å². The fourth-order valence-electron chi connectivity index (χ4n) is 1.14. The van der Waals surface area contributed by atoms with Crippen LogP contribution in [0.25, 0.3) is 6.08 Å². The van der Waals surface area contributed by atoms with Crippen LogP contribution in [-0.2, 0) is 9.53 Å². The van der Waals surface area contributed by atoms with Gasteiger partial charge in [0, 0.05) is 0 Å². The maximum atomic E-state index is 11.0. The summed E-state index contributed by atoms with van der Waals surface area (Å²) >= 11 is 0. The maximum Gasteiger partial charge on any atom is 0.309 e. The lowest BCUT2D eigenvalue weighted by Crippen LogP contribution is -2.01. The molecule has 15 heavy (non-hydrogen) atoms. The Morgan fingerprint density at radius 1 is 1.53 bits per heavy atom. The third kappa shape index (κ3) is 4.31. The number of phenols is 1. The van der Waals surface area contributed by atoms with Crippen molar-refractivity contribution in [1.29, 1.82) is 0 Å². The third-order valence-corrected chi connectivity index (χ3v) is 1.77. The Hall–Kier alpha value is -1.77. The average molecular weight is 206 g/mol. The molecule has 0 aliphatic carbocycles. The van der Waals surface area contributed by atoms with Gasteiger partial charge in [0.1, 0.15) is 5.75 Å². The molecule has 0 aliphatic rings. The van der Waals surface area contributed by atoms with Crippen molar-refractivity contribution in [3.05, 3.63) is 35.9 Å². The number of benzene rings is 1. The second-order valence-corrected chi connectivity index (χ2v) is 3.01. The van der Waals surface area contributed by atoms with E-state index in [1.165, 1.54) is 0 Å². The minimum Gasteiger partial charge on any atom is -0.508 e. The molecule has 3 nitrogen and oxygen atoms in total. The molecule has 0 amide bonds. The van der Waals surface area contributed by atoms with Crippen molar-refractivity contribution in [2.75, 3.05) is 6.61 Å². The van der Waals surface area contributed by atoms with E-state index in [0.717, 1.165) is 5.56 Å². The van der Waals surface area contributed by atoms with E-state index >= 15 is 0 Å². The number of carbonyl (C=O) groups is 1. The first-order valence-corrected chi connectivity index (χ1v) is 4.83. The Bertz CT molecular complexity index is 356. The molecule has 0 aliphatic heterocycles. The Morgan fingerprint density at radius 2 is 2.33 bits per heavy atom. The molecule has 1 aromatic rings. The summed E-state index contributed by atoms with van der Waals surface area (Å²) in [6.07, 6.45) is 3.74. The minimum absolute atomic E-state index is 0.216. The highest BCUT2D eigenvalue weighted by atomic mass is 16.5. The summed E-state index contributed by atoms with van der Waals surface area (Å²) in [5.74, 6) is -0.0258. The van der Waals surface area contributed by atoms with E-state index in [2.05, 4.69) is 0 Å². The largest absolute Gasteiger partial charge is 0.508 e. The van der Waals surface area contributed by atoms with Crippen LogP contribution in [-0.4, -0.2) is 17.7 Å². The van der Waals surface area contributed by atoms with Gasteiger partial charge >= 0.3 is 5.97 Å². The van der Waals surface area contributed by atoms with Crippen molar-refractivity contribution in [2.24, 2.45) is 0 Å². The molecule has 0 saturated heterocycles. The molecule has 0 unspecified atom stereocenters. The van der Waals surface area contributed by atoms with Gasteiger partial charge in [-0.15, -0.1) is 0 Å². The SMILES string of the molecule is CCOC(=O)CC=Cc1cccc(O)c1. The minimum atomic E-state index is -0.242. The summed E-state index contributed by atoms with van der Waals surface area (Å²) in [6.45, 7) is 2.18. The standard InChI is InChI=1S/C12H14O3/c1-2-15-12(14)8-4-6-10-5-3-7-11(13)9-10/h3-7,9,13H,2,8H2,1H3. The van der Waals surface area contributed by atoms with E-state index in [1.54, 1.807) is 37.3 Å². The summed E-state index contributed by atoms with van der Waals surface area (Å²) in [6, 6.07) is 6.82. The predicted octanol–water partition coefficient (Wildman–Crippen LogP) is 2.36. The van der Waals surface area contributed by atoms with Crippen LogP contribution in [0.1, 0.15) is 18.9 Å². The van der Waals surface area contributed by atoms with Gasteiger partial charge in [-0.3, -0.25) is 4.79 Å². The molecule has 0 spiro atoms. The zero-order chi connectivity index (χ0) is 11.1. The number of aromatic hydroxyl groups is 1. The fourth-order valence-corrected chi connectivity index (χ4v) is 1.14. The highest BCUT2D eigenvalue weighted by Crippen LogP contribution is 2.12. The van der Waals surface area contributed by atoms with Crippen LogP contribution in [0.5, 0.6) is 5.75 Å². The number of hydrogen-bond donors (Lipinski definition) is 1. The molecular formula is C12H14O3. The first kappa shape index (κ1) is 11.3. The van der Waals surface area contributed by atoms with Crippen molar-refractivity contribution in [3.8, 4) is 5.75 Å². The monoisotopic (exact) mass is 206 g/mol. The first-order valence-electron chi connectivity index (χ1n) is 4.83. The van der Waals surface area contributed by atoms with Crippen molar-refractivity contribution < 1.29 is 14.6 Å². The zero-order valence-corrected chi connectivity index (χ0v) is 8.64. The van der Waals surface area contributed by atoms with Gasteiger partial charge in [0.25, 0.3) is 0 Å². The van der Waals surface area contributed by atoms with Gasteiger partial charge in [-0.1, -0.05) is 24.3 Å². The lowest BCUT2D eigenvalue weighted by atomic mass is 10.2. The van der Waals surface area contributed by atoms with Crippen molar-refractivity contribution >= 4 is 12.0 Å². The second kappa shape index (κ2) is 5.86. The summed E-state index contributed by atoms with van der Waals surface area (Å²) in [7, 11) is 0. The Labute approximate surface area is 89.0 Å². The number of carbonyl (C=O) groups excluding carboxylic acids is 1. The van der Waals surface area contributed by atoms with Gasteiger partial charge < -0.3 is 9.84 Å². The smallest absolute Gasteiger partial charge is 0.309 e. The number of rotatable bonds is 4. The quantitative estimate of drug-likeness (QED) is 0.769. The van der Waals surface area contributed by atoms with Gasteiger partial charge in [-0.2, -0.15) is 0 Å². The predicted molar refractivity (Wildman–Crippen MR) is 58.4 cm³/mol. The summed E-state index contributed by atoms with van der Waals surface area (Å²) in [5, 5.41) is 9.18. The van der Waals surface area contributed by atoms with Crippen LogP contribution in [0.15, 0.2) is 30.3 Å². The lowest BCUT2D eigenvalue weighted by molar-refractivity contribution is -0.142. The van der Waals surface area contributed by atoms with Crippen LogP contribution >= 0.6 is 0 Å². The van der Waals surface area contributed by atoms with Gasteiger partial charge in [0.05, 0.1) is 13.0 Å². The first-order chi connectivity index (χ1) is 7.22. The number of hydrogen-bond acceptors (Lipinski definition) is 3. The number of esters is 1. The topological polar surface area (TPSA) is 46.5 Å². The van der Waals surface area contributed by atoms with E-state index in [-0.39, 0.29) is 18.1 Å². The van der Waals surface area contributed by atoms with Crippen molar-refractivity contribution in [2.45, 2.75) is 13.3 Å². The molecule has 1 aromatic carbocycles. The lowest BCUT2D eigenvalue weighted by Gasteiger charge is -1.97. The van der Waals surface area contributed by atoms with Gasteiger partial charge in [-0.05, 0) is 24.6 Å². The molecule has 0 fully saturated rings. The maximum absolute atomic E-state index is 11.0. The van der Waals surface area contributed by atoms with Gasteiger partial charge in [0.15, 0.2) is 0 Å². The van der Waals surface area contributed by atoms with Crippen molar-refractivity contribution in [1.82, 2.24) is 0 Å². The zero-order valence-electron chi connectivity index (χ0n) is 8.64. The van der Waals surface area contributed by atoms with Gasteiger partial charge in [0.2, 0.25) is 0 Å². The molecule has 0 aromatic heterocycles. The normalized spacial score (nSPS) is 10.5. The molecule has 0 atom stereocenters. The summed E-state index contributed by atoms with van der Waals surface area (Å²) < 4.78 is 4.76. The van der Waals surface area contributed by atoms with E-state index in [0.29, 0.717) is 6.61 Å². The molecule has 1 rings (SSSR count). The second-order valence-electron chi connectivity index (χ2n) is 3.01. The molecule has 0 bridgehead atoms. The Balaban J connectivity index is 2.48. The summed E-state index contributed by atoms with van der Waals surface area (Å²) in [4.78, 5) is 11.0. The fraction of sp³-hybridized carbons (Fsp3) is 0.250. The highest BCUT2D eigenvalue weighted by molar-refractivity contribution is 5.72. The van der Waals surface area contributed by atoms with Crippen LogP contribution in [0, 0.1) is 0 Å². The Kier molecular flexibility index (Phi) is 4.41. The summed E-state index contributed by atoms with van der Waals surface area (Å²) in [5.41, 5.74) is 0.860. The molecule has 3 heteroatoms. The molecule has 0 radical (unpaired) electrons. The molecule has 80 valence electrons. The molecule has 0 heterocycles. The number of ether oxygens (including phenoxy) is 1. The third-order valence-electron chi connectivity index (χ3n) is 1.77. The average Bonchev–Trinajstić information content (AvgIpc) is 2.18. The molecular weight excluding hydrogens is 192 g/mol. The van der Waals surface area contributed by atoms with Crippen molar-refractivity contribution in [3.63, 3.8) is 0 Å². The molecule has 1 N–H and O–H groups in total. The van der Waals surface area contributed by atoms with Gasteiger partial charge in [-0.25, -0.2) is 0 Å². The van der Waals surface area contributed by atoms with Crippen LogP contribution < -0.4 is 0 Å². The Morgan fingerprint density at radius 3 is 3.00 bits per heavy atom. The van der Waals surface area contributed by atoms with E-state index in [9.17, 15) is 9.90 Å².